The van der Waals surface area contributed by atoms with Crippen LogP contribution in [-0.4, -0.2) is 45.7 Å². The van der Waals surface area contributed by atoms with Crippen molar-refractivity contribution in [1.82, 2.24) is 5.32 Å². The van der Waals surface area contributed by atoms with Crippen LogP contribution in [0.1, 0.15) is 24.8 Å². The first kappa shape index (κ1) is 24.4. The van der Waals surface area contributed by atoms with Gasteiger partial charge >= 0.3 is 13.6 Å². The van der Waals surface area contributed by atoms with Gasteiger partial charge in [0.25, 0.3) is 0 Å². The van der Waals surface area contributed by atoms with Crippen molar-refractivity contribution in [2.45, 2.75) is 37.5 Å². The number of carbonyl (C=O) groups is 1. The highest BCUT2D eigenvalue weighted by molar-refractivity contribution is 7.54. The van der Waals surface area contributed by atoms with Gasteiger partial charge in [0.2, 0.25) is 0 Å². The molecule has 0 aliphatic carbocycles. The molecular weight excluding hydrogens is 431 g/mol. The van der Waals surface area contributed by atoms with E-state index >= 15 is 0 Å². The molecule has 1 aromatic heterocycles. The van der Waals surface area contributed by atoms with Crippen molar-refractivity contribution in [3.8, 4) is 0 Å². The number of nitrogens with one attached hydrogen (secondary N) is 1. The summed E-state index contributed by atoms with van der Waals surface area (Å²) in [5.74, 6) is -1.14. The molecule has 3 rings (SSSR count). The number of unbranched alkanes of at least 4 members (excludes halogenated alkanes) is 1. The standard InChI is InChI=1S/C23H31N2O6P/c1-28-23(26)19(25-22(10-6-7-13-24)32(27,29-2)30-3)14-16-11-12-18-17-8-4-5-9-20(17)31-21(18)15-16/h4-5,8-9,11-12,15,19,22,25H,6-7,10,13-14,24H2,1-3H3/t19-,22-/m0/s1. The Bertz CT molecular complexity index is 1090. The summed E-state index contributed by atoms with van der Waals surface area (Å²) in [6.07, 6.45) is 2.27. The van der Waals surface area contributed by atoms with Crippen LogP contribution in [0.25, 0.3) is 21.9 Å². The molecule has 2 aromatic carbocycles. The van der Waals surface area contributed by atoms with E-state index in [1.165, 1.54) is 21.3 Å². The number of fused-ring (bicyclic) bond motifs is 3. The van der Waals surface area contributed by atoms with E-state index in [0.717, 1.165) is 33.9 Å². The Balaban J connectivity index is 1.87. The third kappa shape index (κ3) is 5.39. The van der Waals surface area contributed by atoms with Crippen LogP contribution in [0.5, 0.6) is 0 Å². The zero-order valence-corrected chi connectivity index (χ0v) is 19.6. The van der Waals surface area contributed by atoms with Crippen LogP contribution in [0.15, 0.2) is 46.9 Å². The number of hydrogen-bond donors (Lipinski definition) is 2. The average Bonchev–Trinajstić information content (AvgIpc) is 3.19. The molecule has 9 heteroatoms. The number of rotatable bonds is 12. The fourth-order valence-electron chi connectivity index (χ4n) is 3.86. The van der Waals surface area contributed by atoms with Gasteiger partial charge in [0, 0.05) is 25.0 Å². The van der Waals surface area contributed by atoms with Crippen molar-refractivity contribution in [1.29, 1.82) is 0 Å². The molecule has 32 heavy (non-hydrogen) atoms. The molecule has 0 unspecified atom stereocenters. The summed E-state index contributed by atoms with van der Waals surface area (Å²) in [6.45, 7) is 0.523. The van der Waals surface area contributed by atoms with Gasteiger partial charge in [-0.05, 0) is 49.9 Å². The van der Waals surface area contributed by atoms with Gasteiger partial charge in [0.1, 0.15) is 23.0 Å². The Kier molecular flexibility index (Phi) is 8.45. The van der Waals surface area contributed by atoms with Gasteiger partial charge in [-0.15, -0.1) is 0 Å². The molecule has 0 aliphatic heterocycles. The second-order valence-electron chi connectivity index (χ2n) is 7.58. The van der Waals surface area contributed by atoms with Gasteiger partial charge < -0.3 is 23.9 Å². The highest BCUT2D eigenvalue weighted by atomic mass is 31.2. The van der Waals surface area contributed by atoms with E-state index in [4.69, 9.17) is 23.9 Å². The van der Waals surface area contributed by atoms with Gasteiger partial charge in [0.05, 0.1) is 7.11 Å². The molecule has 1 heterocycles. The lowest BCUT2D eigenvalue weighted by Gasteiger charge is -2.28. The lowest BCUT2D eigenvalue weighted by molar-refractivity contribution is -0.143. The number of carbonyl (C=O) groups excluding carboxylic acids is 1. The number of hydrogen-bond acceptors (Lipinski definition) is 8. The normalized spacial score (nSPS) is 14.0. The maximum absolute atomic E-state index is 13.1. The Morgan fingerprint density at radius 2 is 1.78 bits per heavy atom. The number of methoxy groups -OCH3 is 1. The summed E-state index contributed by atoms with van der Waals surface area (Å²) in [4.78, 5) is 12.6. The second-order valence-corrected chi connectivity index (χ2v) is 10.0. The van der Waals surface area contributed by atoms with E-state index in [9.17, 15) is 9.36 Å². The quantitative estimate of drug-likeness (QED) is 0.234. The molecule has 3 aromatic rings. The first-order valence-electron chi connectivity index (χ1n) is 10.6. The Labute approximate surface area is 187 Å². The topological polar surface area (TPSA) is 113 Å². The Morgan fingerprint density at radius 1 is 1.06 bits per heavy atom. The molecule has 8 nitrogen and oxygen atoms in total. The van der Waals surface area contributed by atoms with Gasteiger partial charge in [-0.2, -0.15) is 0 Å². The average molecular weight is 462 g/mol. The fourth-order valence-corrected chi connectivity index (χ4v) is 5.38. The summed E-state index contributed by atoms with van der Waals surface area (Å²) < 4.78 is 34.5. The van der Waals surface area contributed by atoms with Crippen LogP contribution >= 0.6 is 7.60 Å². The minimum absolute atomic E-state index is 0.320. The maximum atomic E-state index is 13.1. The minimum Gasteiger partial charge on any atom is -0.468 e. The largest absolute Gasteiger partial charge is 0.468 e. The smallest absolute Gasteiger partial charge is 0.346 e. The molecular formula is C23H31N2O6P. The lowest BCUT2D eigenvalue weighted by Crippen LogP contribution is -2.45. The van der Waals surface area contributed by atoms with Gasteiger partial charge in [-0.3, -0.25) is 14.7 Å². The highest BCUT2D eigenvalue weighted by Crippen LogP contribution is 2.52. The number of furan rings is 1. The van der Waals surface area contributed by atoms with E-state index < -0.39 is 25.4 Å². The molecule has 0 amide bonds. The molecule has 0 radical (unpaired) electrons. The van der Waals surface area contributed by atoms with Crippen LogP contribution < -0.4 is 11.1 Å². The molecule has 2 atom stereocenters. The summed E-state index contributed by atoms with van der Waals surface area (Å²) in [6, 6.07) is 12.9. The maximum Gasteiger partial charge on any atom is 0.346 e. The third-order valence-corrected chi connectivity index (χ3v) is 7.77. The summed E-state index contributed by atoms with van der Waals surface area (Å²) in [5, 5.41) is 5.22. The van der Waals surface area contributed by atoms with Crippen LogP contribution in [0.4, 0.5) is 0 Å². The van der Waals surface area contributed by atoms with Crippen LogP contribution in [0, 0.1) is 0 Å². The lowest BCUT2D eigenvalue weighted by atomic mass is 10.0. The monoisotopic (exact) mass is 462 g/mol. The van der Waals surface area contributed by atoms with Crippen molar-refractivity contribution >= 4 is 35.5 Å². The first-order chi connectivity index (χ1) is 15.5. The molecule has 0 bridgehead atoms. The van der Waals surface area contributed by atoms with E-state index in [1.807, 2.05) is 42.5 Å². The summed E-state index contributed by atoms with van der Waals surface area (Å²) in [5.41, 5.74) is 8.03. The molecule has 0 fully saturated rings. The molecule has 3 N–H and O–H groups in total. The van der Waals surface area contributed by atoms with E-state index in [1.54, 1.807) is 0 Å². The van der Waals surface area contributed by atoms with Crippen molar-refractivity contribution in [3.63, 3.8) is 0 Å². The molecule has 0 aliphatic rings. The van der Waals surface area contributed by atoms with Crippen LogP contribution in [0.3, 0.4) is 0 Å². The van der Waals surface area contributed by atoms with Crippen LogP contribution in [0.2, 0.25) is 0 Å². The van der Waals surface area contributed by atoms with Gasteiger partial charge in [0.15, 0.2) is 0 Å². The zero-order valence-electron chi connectivity index (χ0n) is 18.7. The molecule has 0 saturated carbocycles. The number of para-hydroxylation sites is 1. The number of benzene rings is 2. The van der Waals surface area contributed by atoms with Gasteiger partial charge in [-0.1, -0.05) is 30.3 Å². The predicted octanol–water partition coefficient (Wildman–Crippen LogP) is 4.20. The van der Waals surface area contributed by atoms with E-state index in [0.29, 0.717) is 25.8 Å². The first-order valence-corrected chi connectivity index (χ1v) is 12.2. The SMILES string of the molecule is COC(=O)[C@H](Cc1ccc2c(c1)oc1ccccc12)N[C@H](CCCCN)P(=O)(OC)OC. The number of nitrogens with two attached hydrogens (primary N) is 1. The Morgan fingerprint density at radius 3 is 2.47 bits per heavy atom. The summed E-state index contributed by atoms with van der Waals surface area (Å²) in [7, 11) is 0.527. The van der Waals surface area contributed by atoms with E-state index in [2.05, 4.69) is 5.32 Å². The molecule has 0 saturated heterocycles. The predicted molar refractivity (Wildman–Crippen MR) is 125 cm³/mol. The van der Waals surface area contributed by atoms with Gasteiger partial charge in [-0.25, -0.2) is 0 Å². The van der Waals surface area contributed by atoms with E-state index in [-0.39, 0.29) is 0 Å². The minimum atomic E-state index is -3.48. The Hall–Kier alpha value is -2.22. The van der Waals surface area contributed by atoms with Crippen LogP contribution in [-0.2, 0) is 29.6 Å². The fraction of sp³-hybridized carbons (Fsp3) is 0.435. The highest BCUT2D eigenvalue weighted by Gasteiger charge is 2.37. The molecule has 0 spiro atoms. The van der Waals surface area contributed by atoms with Crippen molar-refractivity contribution in [2.24, 2.45) is 5.73 Å². The number of esters is 1. The summed E-state index contributed by atoms with van der Waals surface area (Å²) >= 11 is 0. The number of ether oxygens (including phenoxy) is 1. The van der Waals surface area contributed by atoms with Crippen molar-refractivity contribution < 1.29 is 27.6 Å². The molecule has 174 valence electrons. The zero-order chi connectivity index (χ0) is 23.1. The van der Waals surface area contributed by atoms with Crippen molar-refractivity contribution in [2.75, 3.05) is 27.9 Å². The van der Waals surface area contributed by atoms with Crippen molar-refractivity contribution in [3.05, 3.63) is 48.0 Å². The second kappa shape index (κ2) is 11.1. The third-order valence-electron chi connectivity index (χ3n) is 5.58.